The maximum absolute atomic E-state index is 12.7. The predicted octanol–water partition coefficient (Wildman–Crippen LogP) is 1.45. The first-order valence-electron chi connectivity index (χ1n) is 9.97. The Labute approximate surface area is 160 Å². The topological polar surface area (TPSA) is 69.7 Å². The van der Waals surface area contributed by atoms with Gasteiger partial charge in [-0.25, -0.2) is 0 Å². The number of nitrogens with one attached hydrogen (secondary N) is 1. The lowest BCUT2D eigenvalue weighted by Gasteiger charge is -2.36. The fourth-order valence-electron chi connectivity index (χ4n) is 4.03. The number of benzene rings is 1. The van der Waals surface area contributed by atoms with Crippen LogP contribution in [0.3, 0.4) is 0 Å². The van der Waals surface area contributed by atoms with Crippen molar-refractivity contribution in [1.82, 2.24) is 15.1 Å². The summed E-state index contributed by atoms with van der Waals surface area (Å²) in [6, 6.07) is 10.1. The van der Waals surface area contributed by atoms with Crippen molar-refractivity contribution in [3.8, 4) is 0 Å². The highest BCUT2D eigenvalue weighted by atomic mass is 16.2. The van der Waals surface area contributed by atoms with E-state index < -0.39 is 0 Å². The van der Waals surface area contributed by atoms with Crippen molar-refractivity contribution in [3.05, 3.63) is 35.9 Å². The van der Waals surface area contributed by atoms with Crippen LogP contribution in [0.2, 0.25) is 0 Å². The van der Waals surface area contributed by atoms with Crippen LogP contribution in [0.4, 0.5) is 0 Å². The molecular weight excluding hydrogens is 342 g/mol. The zero-order chi connectivity index (χ0) is 19.1. The summed E-state index contributed by atoms with van der Waals surface area (Å²) in [6.07, 6.45) is 4.81. The van der Waals surface area contributed by atoms with Crippen LogP contribution in [0.1, 0.15) is 31.2 Å². The van der Waals surface area contributed by atoms with Crippen molar-refractivity contribution >= 4 is 18.2 Å². The SMILES string of the molecule is O=CN1CCN(C(=O)C2CCC(C(=O)NCCc3ccccc3)CC2)CC1. The van der Waals surface area contributed by atoms with Crippen LogP contribution in [0, 0.1) is 11.8 Å². The van der Waals surface area contributed by atoms with Crippen molar-refractivity contribution in [2.45, 2.75) is 32.1 Å². The van der Waals surface area contributed by atoms with E-state index in [0.29, 0.717) is 32.7 Å². The molecule has 0 unspecified atom stereocenters. The second-order valence-corrected chi connectivity index (χ2v) is 7.54. The molecule has 146 valence electrons. The molecule has 0 atom stereocenters. The Morgan fingerprint density at radius 2 is 1.59 bits per heavy atom. The zero-order valence-corrected chi connectivity index (χ0v) is 15.8. The summed E-state index contributed by atoms with van der Waals surface area (Å²) in [6.45, 7) is 3.14. The van der Waals surface area contributed by atoms with E-state index in [1.54, 1.807) is 4.90 Å². The predicted molar refractivity (Wildman–Crippen MR) is 103 cm³/mol. The smallest absolute Gasteiger partial charge is 0.225 e. The van der Waals surface area contributed by atoms with E-state index in [9.17, 15) is 14.4 Å². The second kappa shape index (κ2) is 9.53. The van der Waals surface area contributed by atoms with Gasteiger partial charge < -0.3 is 15.1 Å². The summed E-state index contributed by atoms with van der Waals surface area (Å²) in [7, 11) is 0. The molecule has 1 aliphatic carbocycles. The molecule has 6 heteroatoms. The van der Waals surface area contributed by atoms with Crippen molar-refractivity contribution in [3.63, 3.8) is 0 Å². The Bertz CT molecular complexity index is 633. The molecule has 1 N–H and O–H groups in total. The van der Waals surface area contributed by atoms with E-state index in [1.165, 1.54) is 5.56 Å². The highest BCUT2D eigenvalue weighted by Crippen LogP contribution is 2.30. The summed E-state index contributed by atoms with van der Waals surface area (Å²) in [5, 5.41) is 3.05. The number of amides is 3. The van der Waals surface area contributed by atoms with E-state index in [0.717, 1.165) is 38.5 Å². The normalized spacial score (nSPS) is 23.0. The fourth-order valence-corrected chi connectivity index (χ4v) is 4.03. The Kier molecular flexibility index (Phi) is 6.85. The highest BCUT2D eigenvalue weighted by Gasteiger charge is 2.33. The highest BCUT2D eigenvalue weighted by molar-refractivity contribution is 5.81. The van der Waals surface area contributed by atoms with Gasteiger partial charge in [0.05, 0.1) is 0 Å². The Hall–Kier alpha value is -2.37. The first-order valence-corrected chi connectivity index (χ1v) is 9.97. The van der Waals surface area contributed by atoms with Crippen molar-refractivity contribution < 1.29 is 14.4 Å². The summed E-state index contributed by atoms with van der Waals surface area (Å²) < 4.78 is 0. The third-order valence-electron chi connectivity index (χ3n) is 5.78. The monoisotopic (exact) mass is 371 g/mol. The maximum atomic E-state index is 12.7. The Balaban J connectivity index is 1.37. The van der Waals surface area contributed by atoms with Crippen molar-refractivity contribution in [1.29, 1.82) is 0 Å². The van der Waals surface area contributed by atoms with Gasteiger partial charge in [-0.15, -0.1) is 0 Å². The van der Waals surface area contributed by atoms with Crippen LogP contribution in [0.25, 0.3) is 0 Å². The molecule has 1 aromatic rings. The van der Waals surface area contributed by atoms with Crippen LogP contribution in [0.15, 0.2) is 30.3 Å². The summed E-state index contributed by atoms with van der Waals surface area (Å²) in [5.41, 5.74) is 1.22. The molecule has 0 bridgehead atoms. The van der Waals surface area contributed by atoms with E-state index in [-0.39, 0.29) is 23.7 Å². The van der Waals surface area contributed by atoms with Gasteiger partial charge in [-0.2, -0.15) is 0 Å². The summed E-state index contributed by atoms with van der Waals surface area (Å²) in [4.78, 5) is 39.4. The average Bonchev–Trinajstić information content (AvgIpc) is 2.74. The molecular formula is C21H29N3O3. The molecule has 0 aromatic heterocycles. The van der Waals surface area contributed by atoms with Crippen LogP contribution >= 0.6 is 0 Å². The number of hydrogen-bond donors (Lipinski definition) is 1. The standard InChI is InChI=1S/C21H29N3O3/c25-16-23-12-14-24(15-13-23)21(27)19-8-6-18(7-9-19)20(26)22-11-10-17-4-2-1-3-5-17/h1-5,16,18-19H,6-15H2,(H,22,26). The Morgan fingerprint density at radius 1 is 0.963 bits per heavy atom. The van der Waals surface area contributed by atoms with Crippen LogP contribution in [-0.2, 0) is 20.8 Å². The number of rotatable bonds is 6. The molecule has 1 heterocycles. The van der Waals surface area contributed by atoms with Gasteiger partial charge in [0, 0.05) is 44.6 Å². The molecule has 1 saturated carbocycles. The zero-order valence-electron chi connectivity index (χ0n) is 15.8. The molecule has 0 radical (unpaired) electrons. The van der Waals surface area contributed by atoms with E-state index >= 15 is 0 Å². The van der Waals surface area contributed by atoms with Gasteiger partial charge in [-0.1, -0.05) is 30.3 Å². The molecule has 1 saturated heterocycles. The van der Waals surface area contributed by atoms with Gasteiger partial charge in [0.25, 0.3) is 0 Å². The molecule has 1 aromatic carbocycles. The minimum Gasteiger partial charge on any atom is -0.356 e. The van der Waals surface area contributed by atoms with Crippen molar-refractivity contribution in [2.24, 2.45) is 11.8 Å². The molecule has 27 heavy (non-hydrogen) atoms. The van der Waals surface area contributed by atoms with Gasteiger partial charge in [0.1, 0.15) is 0 Å². The van der Waals surface area contributed by atoms with E-state index in [1.807, 2.05) is 23.1 Å². The van der Waals surface area contributed by atoms with Gasteiger partial charge in [-0.3, -0.25) is 14.4 Å². The summed E-state index contributed by atoms with van der Waals surface area (Å²) in [5.74, 6) is 0.373. The van der Waals surface area contributed by atoms with Crippen LogP contribution in [0.5, 0.6) is 0 Å². The van der Waals surface area contributed by atoms with Gasteiger partial charge in [0.2, 0.25) is 18.2 Å². The van der Waals surface area contributed by atoms with Crippen molar-refractivity contribution in [2.75, 3.05) is 32.7 Å². The number of piperazine rings is 1. The average molecular weight is 371 g/mol. The molecule has 0 spiro atoms. The van der Waals surface area contributed by atoms with Crippen LogP contribution < -0.4 is 5.32 Å². The molecule has 2 fully saturated rings. The third-order valence-corrected chi connectivity index (χ3v) is 5.78. The number of nitrogens with zero attached hydrogens (tertiary/aromatic N) is 2. The van der Waals surface area contributed by atoms with Crippen LogP contribution in [-0.4, -0.2) is 60.7 Å². The van der Waals surface area contributed by atoms with E-state index in [4.69, 9.17) is 0 Å². The molecule has 2 aliphatic rings. The molecule has 3 rings (SSSR count). The molecule has 3 amide bonds. The first-order chi connectivity index (χ1) is 13.2. The number of carbonyl (C=O) groups is 3. The summed E-state index contributed by atoms with van der Waals surface area (Å²) >= 11 is 0. The van der Waals surface area contributed by atoms with E-state index in [2.05, 4.69) is 17.4 Å². The quantitative estimate of drug-likeness (QED) is 0.770. The fraction of sp³-hybridized carbons (Fsp3) is 0.571. The lowest BCUT2D eigenvalue weighted by atomic mass is 9.81. The lowest BCUT2D eigenvalue weighted by molar-refractivity contribution is -0.141. The maximum Gasteiger partial charge on any atom is 0.225 e. The number of carbonyl (C=O) groups excluding carboxylic acids is 3. The minimum atomic E-state index is 0.0248. The number of hydrogen-bond acceptors (Lipinski definition) is 3. The van der Waals surface area contributed by atoms with Gasteiger partial charge in [0.15, 0.2) is 0 Å². The van der Waals surface area contributed by atoms with Gasteiger partial charge in [-0.05, 0) is 37.7 Å². The Morgan fingerprint density at radius 3 is 2.22 bits per heavy atom. The second-order valence-electron chi connectivity index (χ2n) is 7.54. The molecule has 1 aliphatic heterocycles. The lowest BCUT2D eigenvalue weighted by Crippen LogP contribution is -2.50. The third kappa shape index (κ3) is 5.31. The minimum absolute atomic E-state index is 0.0248. The van der Waals surface area contributed by atoms with Gasteiger partial charge >= 0.3 is 0 Å². The largest absolute Gasteiger partial charge is 0.356 e. The first kappa shape index (κ1) is 19.4. The molecule has 6 nitrogen and oxygen atoms in total.